The van der Waals surface area contributed by atoms with Crippen LogP contribution >= 0.6 is 0 Å². The van der Waals surface area contributed by atoms with Crippen molar-refractivity contribution < 1.29 is 14.3 Å². The van der Waals surface area contributed by atoms with Gasteiger partial charge in [0.2, 0.25) is 5.91 Å². The SMILES string of the molecule is COc1cc(C)c(NC(=O)Cn2nc(C)c3ccccc3c2=O)cc1OC. The Balaban J connectivity index is 1.88. The molecule has 0 aliphatic carbocycles. The van der Waals surface area contributed by atoms with E-state index in [1.807, 2.05) is 26.0 Å². The molecule has 140 valence electrons. The highest BCUT2D eigenvalue weighted by Crippen LogP contribution is 2.32. The van der Waals surface area contributed by atoms with E-state index in [-0.39, 0.29) is 18.0 Å². The number of amides is 1. The summed E-state index contributed by atoms with van der Waals surface area (Å²) >= 11 is 0. The normalized spacial score (nSPS) is 10.7. The number of rotatable bonds is 5. The van der Waals surface area contributed by atoms with Gasteiger partial charge in [0.25, 0.3) is 5.56 Å². The Morgan fingerprint density at radius 2 is 1.70 bits per heavy atom. The fourth-order valence-corrected chi connectivity index (χ4v) is 2.95. The molecule has 0 aliphatic rings. The summed E-state index contributed by atoms with van der Waals surface area (Å²) in [5, 5.41) is 8.40. The van der Waals surface area contributed by atoms with Gasteiger partial charge in [0.15, 0.2) is 11.5 Å². The van der Waals surface area contributed by atoms with Crippen molar-refractivity contribution in [3.05, 3.63) is 58.0 Å². The summed E-state index contributed by atoms with van der Waals surface area (Å²) < 4.78 is 11.7. The van der Waals surface area contributed by atoms with Crippen LogP contribution in [0.5, 0.6) is 11.5 Å². The quantitative estimate of drug-likeness (QED) is 0.750. The maximum atomic E-state index is 12.6. The highest BCUT2D eigenvalue weighted by molar-refractivity contribution is 5.92. The standard InChI is InChI=1S/C20H21N3O4/c1-12-9-17(26-3)18(27-4)10-16(12)21-19(24)11-23-20(25)15-8-6-5-7-14(15)13(2)22-23/h5-10H,11H2,1-4H3,(H,21,24). The molecule has 3 rings (SSSR count). The van der Waals surface area contributed by atoms with Gasteiger partial charge in [-0.1, -0.05) is 18.2 Å². The molecule has 0 bridgehead atoms. The summed E-state index contributed by atoms with van der Waals surface area (Å²) in [6, 6.07) is 10.7. The summed E-state index contributed by atoms with van der Waals surface area (Å²) in [6.45, 7) is 3.48. The number of carbonyl (C=O) groups is 1. The number of nitrogens with zero attached hydrogens (tertiary/aromatic N) is 2. The Morgan fingerprint density at radius 3 is 2.37 bits per heavy atom. The lowest BCUT2D eigenvalue weighted by atomic mass is 10.1. The molecule has 2 aromatic carbocycles. The second-order valence-corrected chi connectivity index (χ2v) is 6.16. The lowest BCUT2D eigenvalue weighted by molar-refractivity contribution is -0.117. The molecular weight excluding hydrogens is 346 g/mol. The van der Waals surface area contributed by atoms with Crippen LogP contribution in [0.25, 0.3) is 10.8 Å². The molecule has 0 saturated carbocycles. The van der Waals surface area contributed by atoms with Crippen LogP contribution in [0, 0.1) is 13.8 Å². The van der Waals surface area contributed by atoms with Gasteiger partial charge in [-0.25, -0.2) is 4.68 Å². The van der Waals surface area contributed by atoms with Crippen LogP contribution in [0.15, 0.2) is 41.2 Å². The summed E-state index contributed by atoms with van der Waals surface area (Å²) in [6.07, 6.45) is 0. The van der Waals surface area contributed by atoms with Gasteiger partial charge >= 0.3 is 0 Å². The minimum atomic E-state index is -0.352. The zero-order valence-electron chi connectivity index (χ0n) is 15.7. The van der Waals surface area contributed by atoms with Gasteiger partial charge in [0.1, 0.15) is 6.54 Å². The minimum absolute atomic E-state index is 0.182. The van der Waals surface area contributed by atoms with Crippen molar-refractivity contribution in [2.24, 2.45) is 0 Å². The van der Waals surface area contributed by atoms with Crippen LogP contribution in [0.1, 0.15) is 11.3 Å². The second-order valence-electron chi connectivity index (χ2n) is 6.16. The molecular formula is C20H21N3O4. The van der Waals surface area contributed by atoms with E-state index in [2.05, 4.69) is 10.4 Å². The van der Waals surface area contributed by atoms with Crippen molar-refractivity contribution in [1.29, 1.82) is 0 Å². The predicted molar refractivity (Wildman–Crippen MR) is 104 cm³/mol. The lowest BCUT2D eigenvalue weighted by Crippen LogP contribution is -2.30. The summed E-state index contributed by atoms with van der Waals surface area (Å²) in [5.74, 6) is 0.737. The Bertz CT molecular complexity index is 1070. The van der Waals surface area contributed by atoms with E-state index >= 15 is 0 Å². The Labute approximate surface area is 156 Å². The number of hydrogen-bond acceptors (Lipinski definition) is 5. The molecule has 1 amide bonds. The van der Waals surface area contributed by atoms with E-state index in [0.717, 1.165) is 10.9 Å². The van der Waals surface area contributed by atoms with Crippen molar-refractivity contribution in [3.63, 3.8) is 0 Å². The topological polar surface area (TPSA) is 82.5 Å². The Hall–Kier alpha value is -3.35. The third-order valence-electron chi connectivity index (χ3n) is 4.35. The molecule has 3 aromatic rings. The molecule has 27 heavy (non-hydrogen) atoms. The number of fused-ring (bicyclic) bond motifs is 1. The smallest absolute Gasteiger partial charge is 0.275 e. The van der Waals surface area contributed by atoms with Gasteiger partial charge in [-0.3, -0.25) is 9.59 Å². The minimum Gasteiger partial charge on any atom is -0.493 e. The fourth-order valence-electron chi connectivity index (χ4n) is 2.95. The van der Waals surface area contributed by atoms with E-state index in [4.69, 9.17) is 9.47 Å². The Morgan fingerprint density at radius 1 is 1.07 bits per heavy atom. The van der Waals surface area contributed by atoms with Crippen LogP contribution in [0.2, 0.25) is 0 Å². The number of aromatic nitrogens is 2. The maximum Gasteiger partial charge on any atom is 0.275 e. The Kier molecular flexibility index (Phi) is 5.12. The largest absolute Gasteiger partial charge is 0.493 e. The van der Waals surface area contributed by atoms with Gasteiger partial charge in [-0.2, -0.15) is 5.10 Å². The third kappa shape index (κ3) is 3.62. The van der Waals surface area contributed by atoms with Crippen molar-refractivity contribution in [2.75, 3.05) is 19.5 Å². The molecule has 0 radical (unpaired) electrons. The molecule has 0 fully saturated rings. The van der Waals surface area contributed by atoms with E-state index in [1.54, 1.807) is 31.4 Å². The first-order valence-electron chi connectivity index (χ1n) is 8.43. The molecule has 0 saturated heterocycles. The molecule has 0 atom stereocenters. The summed E-state index contributed by atoms with van der Waals surface area (Å²) in [4.78, 5) is 25.1. The van der Waals surface area contributed by atoms with Crippen molar-refractivity contribution >= 4 is 22.4 Å². The third-order valence-corrected chi connectivity index (χ3v) is 4.35. The van der Waals surface area contributed by atoms with Crippen LogP contribution in [-0.2, 0) is 11.3 Å². The van der Waals surface area contributed by atoms with Crippen LogP contribution in [0.3, 0.4) is 0 Å². The number of methoxy groups -OCH3 is 2. The second kappa shape index (κ2) is 7.49. The van der Waals surface area contributed by atoms with Crippen LogP contribution in [0.4, 0.5) is 5.69 Å². The number of nitrogens with one attached hydrogen (secondary N) is 1. The van der Waals surface area contributed by atoms with Gasteiger partial charge in [0.05, 0.1) is 25.3 Å². The molecule has 0 spiro atoms. The fraction of sp³-hybridized carbons (Fsp3) is 0.250. The van der Waals surface area contributed by atoms with Crippen LogP contribution in [-0.4, -0.2) is 29.9 Å². The molecule has 7 nitrogen and oxygen atoms in total. The highest BCUT2D eigenvalue weighted by Gasteiger charge is 2.14. The number of benzene rings is 2. The number of anilines is 1. The zero-order chi connectivity index (χ0) is 19.6. The molecule has 0 aliphatic heterocycles. The van der Waals surface area contributed by atoms with E-state index in [9.17, 15) is 9.59 Å². The monoisotopic (exact) mass is 367 g/mol. The molecule has 1 N–H and O–H groups in total. The summed E-state index contributed by atoms with van der Waals surface area (Å²) in [7, 11) is 3.08. The number of carbonyl (C=O) groups excluding carboxylic acids is 1. The molecule has 0 unspecified atom stereocenters. The first-order valence-corrected chi connectivity index (χ1v) is 8.43. The van der Waals surface area contributed by atoms with Gasteiger partial charge in [-0.05, 0) is 31.5 Å². The summed E-state index contributed by atoms with van der Waals surface area (Å²) in [5.41, 5.74) is 1.80. The first-order chi connectivity index (χ1) is 12.9. The van der Waals surface area contributed by atoms with Crippen molar-refractivity contribution in [1.82, 2.24) is 9.78 Å². The number of aryl methyl sites for hydroxylation is 2. The average Bonchev–Trinajstić information content (AvgIpc) is 2.67. The van der Waals surface area contributed by atoms with Crippen LogP contribution < -0.4 is 20.3 Å². The van der Waals surface area contributed by atoms with Gasteiger partial charge in [0, 0.05) is 17.1 Å². The van der Waals surface area contributed by atoms with E-state index < -0.39 is 0 Å². The van der Waals surface area contributed by atoms with E-state index in [0.29, 0.717) is 28.3 Å². The maximum absolute atomic E-state index is 12.6. The van der Waals surface area contributed by atoms with Crippen molar-refractivity contribution in [2.45, 2.75) is 20.4 Å². The molecule has 1 heterocycles. The zero-order valence-corrected chi connectivity index (χ0v) is 15.7. The lowest BCUT2D eigenvalue weighted by Gasteiger charge is -2.14. The van der Waals surface area contributed by atoms with Gasteiger partial charge in [-0.15, -0.1) is 0 Å². The molecule has 7 heteroatoms. The first kappa shape index (κ1) is 18.4. The van der Waals surface area contributed by atoms with E-state index in [1.165, 1.54) is 11.8 Å². The molecule has 1 aromatic heterocycles. The number of hydrogen-bond donors (Lipinski definition) is 1. The average molecular weight is 367 g/mol. The van der Waals surface area contributed by atoms with Crippen molar-refractivity contribution in [3.8, 4) is 11.5 Å². The highest BCUT2D eigenvalue weighted by atomic mass is 16.5. The predicted octanol–water partition coefficient (Wildman–Crippen LogP) is 2.67. The van der Waals surface area contributed by atoms with Gasteiger partial charge < -0.3 is 14.8 Å². The number of ether oxygens (including phenoxy) is 2.